The van der Waals surface area contributed by atoms with Crippen molar-refractivity contribution in [1.82, 2.24) is 5.32 Å². The first-order valence-electron chi connectivity index (χ1n) is 9.10. The number of Topliss-reactive ketones (excluding diaryl/α,β-unsaturated/α-hetero) is 1. The van der Waals surface area contributed by atoms with Crippen LogP contribution in [0.2, 0.25) is 0 Å². The zero-order valence-electron chi connectivity index (χ0n) is 14.9. The van der Waals surface area contributed by atoms with E-state index in [1.165, 1.54) is 16.7 Å². The van der Waals surface area contributed by atoms with E-state index < -0.39 is 0 Å². The second-order valence-corrected chi connectivity index (χ2v) is 7.90. The van der Waals surface area contributed by atoms with Gasteiger partial charge < -0.3 is 10.1 Å². The van der Waals surface area contributed by atoms with Crippen molar-refractivity contribution in [2.45, 2.75) is 38.5 Å². The molecule has 5 heteroatoms. The number of allylic oxidation sites excluding steroid dienone is 4. The summed E-state index contributed by atoms with van der Waals surface area (Å²) in [4.78, 5) is 14.0. The maximum absolute atomic E-state index is 14.3. The number of ketones is 1. The Hall–Kier alpha value is -2.01. The highest BCUT2D eigenvalue weighted by molar-refractivity contribution is 8.03. The first-order valence-corrected chi connectivity index (χ1v) is 10.1. The van der Waals surface area contributed by atoms with Crippen LogP contribution in [0.4, 0.5) is 4.39 Å². The summed E-state index contributed by atoms with van der Waals surface area (Å²) in [5, 5.41) is 3.52. The fraction of sp³-hybridized carbons (Fsp3) is 0.381. The van der Waals surface area contributed by atoms with Gasteiger partial charge in [-0.2, -0.15) is 0 Å². The molecule has 1 N–H and O–H groups in total. The van der Waals surface area contributed by atoms with E-state index in [1.807, 2.05) is 6.92 Å². The average molecular weight is 371 g/mol. The third kappa shape index (κ3) is 2.88. The number of benzene rings is 1. The molecule has 1 aromatic rings. The predicted octanol–water partition coefficient (Wildman–Crippen LogP) is 4.88. The molecule has 3 aliphatic rings. The minimum Gasteiger partial charge on any atom is -0.494 e. The van der Waals surface area contributed by atoms with Gasteiger partial charge in [-0.3, -0.25) is 4.79 Å². The molecule has 0 fully saturated rings. The van der Waals surface area contributed by atoms with Crippen LogP contribution in [-0.4, -0.2) is 18.1 Å². The number of rotatable bonds is 4. The molecule has 0 saturated heterocycles. The van der Waals surface area contributed by atoms with Crippen LogP contribution >= 0.6 is 11.8 Å². The Morgan fingerprint density at radius 2 is 2.19 bits per heavy atom. The molecule has 0 amide bonds. The van der Waals surface area contributed by atoms with E-state index in [9.17, 15) is 9.18 Å². The third-order valence-electron chi connectivity index (χ3n) is 5.16. The molecular weight excluding hydrogens is 349 g/mol. The van der Waals surface area contributed by atoms with E-state index in [4.69, 9.17) is 4.74 Å². The van der Waals surface area contributed by atoms with Crippen LogP contribution in [0.25, 0.3) is 5.76 Å². The molecule has 1 aromatic carbocycles. The Balaban J connectivity index is 1.82. The molecule has 0 aromatic heterocycles. The zero-order valence-corrected chi connectivity index (χ0v) is 15.7. The Kier molecular flexibility index (Phi) is 4.65. The van der Waals surface area contributed by atoms with Crippen molar-refractivity contribution in [3.63, 3.8) is 0 Å². The number of halogens is 1. The monoisotopic (exact) mass is 371 g/mol. The van der Waals surface area contributed by atoms with Crippen molar-refractivity contribution in [3.05, 3.63) is 63.6 Å². The summed E-state index contributed by atoms with van der Waals surface area (Å²) in [6, 6.07) is 5.06. The lowest BCUT2D eigenvalue weighted by molar-refractivity contribution is -0.116. The lowest BCUT2D eigenvalue weighted by Gasteiger charge is -2.33. The van der Waals surface area contributed by atoms with Gasteiger partial charge in [0.05, 0.1) is 12.2 Å². The summed E-state index contributed by atoms with van der Waals surface area (Å²) in [5.41, 5.74) is 4.46. The van der Waals surface area contributed by atoms with Crippen LogP contribution < -0.4 is 5.32 Å². The minimum absolute atomic E-state index is 0.102. The SMILES string of the molecule is C=C(OCC)c1cc([C@@H]2C3=C(CCS3)NC3=C2C(=O)CCC3)ccc1F. The normalized spacial score (nSPS) is 22.1. The number of nitrogens with one attached hydrogen (secondary N) is 1. The number of dihydropyridines is 1. The maximum atomic E-state index is 14.3. The smallest absolute Gasteiger partial charge is 0.161 e. The number of carbonyl (C=O) groups excluding carboxylic acids is 1. The third-order valence-corrected chi connectivity index (χ3v) is 6.36. The van der Waals surface area contributed by atoms with Gasteiger partial charge in [0.1, 0.15) is 11.6 Å². The number of thioether (sulfide) groups is 1. The Labute approximate surface area is 157 Å². The summed E-state index contributed by atoms with van der Waals surface area (Å²) in [6.07, 6.45) is 3.37. The average Bonchev–Trinajstić information content (AvgIpc) is 3.09. The lowest BCUT2D eigenvalue weighted by atomic mass is 9.79. The summed E-state index contributed by atoms with van der Waals surface area (Å²) in [5.74, 6) is 1.10. The van der Waals surface area contributed by atoms with Crippen LogP contribution in [0.15, 0.2) is 46.7 Å². The highest BCUT2D eigenvalue weighted by Crippen LogP contribution is 2.50. The van der Waals surface area contributed by atoms with E-state index in [0.29, 0.717) is 24.4 Å². The number of hydrogen-bond acceptors (Lipinski definition) is 4. The minimum atomic E-state index is -0.349. The predicted molar refractivity (Wildman–Crippen MR) is 103 cm³/mol. The number of ether oxygens (including phenoxy) is 1. The van der Waals surface area contributed by atoms with E-state index in [1.54, 1.807) is 23.9 Å². The summed E-state index contributed by atoms with van der Waals surface area (Å²) in [6.45, 7) is 6.14. The zero-order chi connectivity index (χ0) is 18.3. The highest BCUT2D eigenvalue weighted by Gasteiger charge is 2.38. The summed E-state index contributed by atoms with van der Waals surface area (Å²) in [7, 11) is 0. The van der Waals surface area contributed by atoms with E-state index in [0.717, 1.165) is 41.8 Å². The largest absolute Gasteiger partial charge is 0.494 e. The van der Waals surface area contributed by atoms with E-state index >= 15 is 0 Å². The van der Waals surface area contributed by atoms with Gasteiger partial charge in [0.15, 0.2) is 5.78 Å². The molecule has 1 atom stereocenters. The first-order chi connectivity index (χ1) is 12.6. The van der Waals surface area contributed by atoms with Crippen molar-refractivity contribution in [2.24, 2.45) is 0 Å². The molecular formula is C21H22FNO2S. The fourth-order valence-corrected chi connectivity index (χ4v) is 5.28. The van der Waals surface area contributed by atoms with E-state index in [2.05, 4.69) is 11.9 Å². The number of carbonyl (C=O) groups is 1. The van der Waals surface area contributed by atoms with Crippen LogP contribution in [-0.2, 0) is 9.53 Å². The molecule has 0 saturated carbocycles. The van der Waals surface area contributed by atoms with Gasteiger partial charge in [-0.1, -0.05) is 12.6 Å². The van der Waals surface area contributed by atoms with Gasteiger partial charge in [0, 0.05) is 40.0 Å². The van der Waals surface area contributed by atoms with E-state index in [-0.39, 0.29) is 17.5 Å². The Morgan fingerprint density at radius 3 is 3.00 bits per heavy atom. The Bertz CT molecular complexity index is 856. The van der Waals surface area contributed by atoms with Crippen molar-refractivity contribution in [3.8, 4) is 0 Å². The topological polar surface area (TPSA) is 38.3 Å². The molecule has 26 heavy (non-hydrogen) atoms. The van der Waals surface area contributed by atoms with Crippen molar-refractivity contribution < 1.29 is 13.9 Å². The molecule has 4 rings (SSSR count). The van der Waals surface area contributed by atoms with Crippen molar-refractivity contribution in [2.75, 3.05) is 12.4 Å². The van der Waals surface area contributed by atoms with Gasteiger partial charge in [-0.05, 0) is 43.9 Å². The van der Waals surface area contributed by atoms with Gasteiger partial charge in [-0.15, -0.1) is 11.8 Å². The van der Waals surface area contributed by atoms with Gasteiger partial charge >= 0.3 is 0 Å². The summed E-state index contributed by atoms with van der Waals surface area (Å²) >= 11 is 1.80. The highest BCUT2D eigenvalue weighted by atomic mass is 32.2. The lowest BCUT2D eigenvalue weighted by Crippen LogP contribution is -2.30. The summed E-state index contributed by atoms with van der Waals surface area (Å²) < 4.78 is 19.8. The second kappa shape index (κ2) is 6.95. The van der Waals surface area contributed by atoms with Crippen molar-refractivity contribution in [1.29, 1.82) is 0 Å². The molecule has 2 heterocycles. The molecule has 0 bridgehead atoms. The molecule has 0 radical (unpaired) electrons. The standard InChI is InChI=1S/C21H22FNO2S/c1-3-25-12(2)14-11-13(7-8-15(14)22)19-20-16(5-4-6-18(20)24)23-17-9-10-26-21(17)19/h7-8,11,19,23H,2-6,9-10H2,1H3/t19-/m0/s1. The molecule has 0 spiro atoms. The quantitative estimate of drug-likeness (QED) is 0.766. The molecule has 3 nitrogen and oxygen atoms in total. The molecule has 136 valence electrons. The molecule has 2 aliphatic heterocycles. The van der Waals surface area contributed by atoms with Gasteiger partial charge in [-0.25, -0.2) is 4.39 Å². The van der Waals surface area contributed by atoms with Crippen LogP contribution in [0.3, 0.4) is 0 Å². The maximum Gasteiger partial charge on any atom is 0.161 e. The molecule has 1 aliphatic carbocycles. The Morgan fingerprint density at radius 1 is 1.35 bits per heavy atom. The van der Waals surface area contributed by atoms with Gasteiger partial charge in [0.2, 0.25) is 0 Å². The van der Waals surface area contributed by atoms with Crippen LogP contribution in [0, 0.1) is 5.82 Å². The van der Waals surface area contributed by atoms with Gasteiger partial charge in [0.25, 0.3) is 0 Å². The van der Waals surface area contributed by atoms with Crippen LogP contribution in [0.1, 0.15) is 49.7 Å². The van der Waals surface area contributed by atoms with Crippen LogP contribution in [0.5, 0.6) is 0 Å². The first kappa shape index (κ1) is 17.4. The second-order valence-electron chi connectivity index (χ2n) is 6.76. The fourth-order valence-electron chi connectivity index (χ4n) is 4.00. The number of hydrogen-bond donors (Lipinski definition) is 1. The molecule has 0 unspecified atom stereocenters. The van der Waals surface area contributed by atoms with Crippen molar-refractivity contribution >= 4 is 23.3 Å².